The minimum Gasteiger partial charge on any atom is -0.477 e. The first kappa shape index (κ1) is 29.9. The maximum Gasteiger partial charge on any atom is 0.405 e. The number of amides is 2. The van der Waals surface area contributed by atoms with Crippen LogP contribution in [0.2, 0.25) is 5.02 Å². The van der Waals surface area contributed by atoms with Gasteiger partial charge >= 0.3 is 6.18 Å². The molecule has 2 fully saturated rings. The highest BCUT2D eigenvalue weighted by atomic mass is 35.5. The molecule has 2 bridgehead atoms. The quantitative estimate of drug-likeness (QED) is 0.420. The van der Waals surface area contributed by atoms with E-state index in [1.54, 1.807) is 6.07 Å². The van der Waals surface area contributed by atoms with Gasteiger partial charge in [-0.3, -0.25) is 9.59 Å². The Morgan fingerprint density at radius 3 is 2.35 bits per heavy atom. The van der Waals surface area contributed by atoms with E-state index in [4.69, 9.17) is 21.5 Å². The van der Waals surface area contributed by atoms with Gasteiger partial charge in [0.25, 0.3) is 11.8 Å². The molecule has 0 saturated carbocycles. The molecule has 3 heterocycles. The first-order valence-corrected chi connectivity index (χ1v) is 14.4. The standard InChI is InChI=1S/C25H29ClF3N5O5S/c1-24(2,39-19-7-4-15(26)9-20(19)40(30,37)38)23(36)33-16-10-17-5-6-18(11-16)34(17)21-8-3-14(12-31-21)22(35)32-13-25(27,28)29/h3-4,7-9,12,16-18H,5-6,10-11,13H2,1-2H3,(H,32,35)(H,33,36)(H2,30,37,38)/t16-,17+,18-. The summed E-state index contributed by atoms with van der Waals surface area (Å²) in [6.45, 7) is 1.61. The molecule has 218 valence electrons. The average Bonchev–Trinajstić information content (AvgIpc) is 3.12. The van der Waals surface area contributed by atoms with Crippen LogP contribution in [0.5, 0.6) is 5.75 Å². The number of carbonyl (C=O) groups is 2. The molecule has 4 N–H and O–H groups in total. The lowest BCUT2D eigenvalue weighted by Crippen LogP contribution is -2.55. The fourth-order valence-corrected chi connectivity index (χ4v) is 6.01. The molecule has 1 aromatic heterocycles. The summed E-state index contributed by atoms with van der Waals surface area (Å²) in [5.74, 6) is -0.788. The second-order valence-corrected chi connectivity index (χ2v) is 12.4. The fourth-order valence-electron chi connectivity index (χ4n) is 5.09. The Morgan fingerprint density at radius 1 is 1.15 bits per heavy atom. The van der Waals surface area contributed by atoms with Crippen molar-refractivity contribution in [3.05, 3.63) is 47.1 Å². The number of hydrogen-bond acceptors (Lipinski definition) is 7. The van der Waals surface area contributed by atoms with Crippen LogP contribution in [0.4, 0.5) is 19.0 Å². The second kappa shape index (κ2) is 11.1. The van der Waals surface area contributed by atoms with Crippen LogP contribution in [0.1, 0.15) is 49.9 Å². The lowest BCUT2D eigenvalue weighted by Gasteiger charge is -2.40. The minimum absolute atomic E-state index is 0.0241. The van der Waals surface area contributed by atoms with Crippen molar-refractivity contribution in [3.63, 3.8) is 0 Å². The summed E-state index contributed by atoms with van der Waals surface area (Å²) < 4.78 is 66.9. The number of fused-ring (bicyclic) bond motifs is 2. The normalized spacial score (nSPS) is 21.2. The van der Waals surface area contributed by atoms with E-state index in [1.165, 1.54) is 38.2 Å². The predicted molar refractivity (Wildman–Crippen MR) is 141 cm³/mol. The molecule has 2 saturated heterocycles. The molecule has 1 aromatic carbocycles. The number of halogens is 4. The van der Waals surface area contributed by atoms with Crippen LogP contribution >= 0.6 is 11.6 Å². The third-order valence-electron chi connectivity index (χ3n) is 6.92. The van der Waals surface area contributed by atoms with Gasteiger partial charge in [-0.2, -0.15) is 13.2 Å². The molecule has 4 rings (SSSR count). The summed E-state index contributed by atoms with van der Waals surface area (Å²) in [5.41, 5.74) is -1.41. The fraction of sp³-hybridized carbons (Fsp3) is 0.480. The number of nitrogens with one attached hydrogen (secondary N) is 2. The molecular weight excluding hydrogens is 575 g/mol. The van der Waals surface area contributed by atoms with Gasteiger partial charge in [-0.15, -0.1) is 0 Å². The number of anilines is 1. The SMILES string of the molecule is CC(C)(Oc1ccc(Cl)cc1S(N)(=O)=O)C(=O)N[C@H]1C[C@H]2CC[C@@H](C1)N2c1ccc(C(=O)NCC(F)(F)F)cn1. The molecule has 3 atom stereocenters. The summed E-state index contributed by atoms with van der Waals surface area (Å²) in [4.78, 5) is 31.3. The number of ether oxygens (including phenoxy) is 1. The van der Waals surface area contributed by atoms with Gasteiger partial charge in [0.15, 0.2) is 5.60 Å². The molecule has 15 heteroatoms. The molecule has 2 aromatic rings. The molecule has 2 aliphatic rings. The highest BCUT2D eigenvalue weighted by Gasteiger charge is 2.43. The van der Waals surface area contributed by atoms with Crippen molar-refractivity contribution in [2.45, 2.75) is 74.3 Å². The van der Waals surface area contributed by atoms with Crippen molar-refractivity contribution in [1.29, 1.82) is 0 Å². The lowest BCUT2D eigenvalue weighted by molar-refractivity contribution is -0.135. The maximum atomic E-state index is 13.2. The van der Waals surface area contributed by atoms with Crippen molar-refractivity contribution >= 4 is 39.3 Å². The van der Waals surface area contributed by atoms with Crippen LogP contribution in [0, 0.1) is 0 Å². The highest BCUT2D eigenvalue weighted by Crippen LogP contribution is 2.39. The minimum atomic E-state index is -4.51. The largest absolute Gasteiger partial charge is 0.477 e. The summed E-state index contributed by atoms with van der Waals surface area (Å²) in [7, 11) is -4.16. The van der Waals surface area contributed by atoms with E-state index in [1.807, 2.05) is 5.32 Å². The Bertz CT molecular complexity index is 1370. The highest BCUT2D eigenvalue weighted by molar-refractivity contribution is 7.89. The summed E-state index contributed by atoms with van der Waals surface area (Å²) in [5, 5.41) is 10.3. The van der Waals surface area contributed by atoms with Crippen molar-refractivity contribution in [2.75, 3.05) is 11.4 Å². The molecule has 40 heavy (non-hydrogen) atoms. The van der Waals surface area contributed by atoms with Crippen LogP contribution < -0.4 is 25.4 Å². The van der Waals surface area contributed by atoms with E-state index in [-0.39, 0.29) is 39.4 Å². The number of nitrogens with two attached hydrogens (primary N) is 1. The van der Waals surface area contributed by atoms with E-state index in [2.05, 4.69) is 15.2 Å². The maximum absolute atomic E-state index is 13.2. The number of aromatic nitrogens is 1. The molecule has 0 aliphatic carbocycles. The summed E-state index contributed by atoms with van der Waals surface area (Å²) in [6, 6.07) is 6.90. The summed E-state index contributed by atoms with van der Waals surface area (Å²) >= 11 is 5.91. The Morgan fingerprint density at radius 2 is 1.80 bits per heavy atom. The zero-order chi connectivity index (χ0) is 29.5. The number of nitrogens with zero attached hydrogens (tertiary/aromatic N) is 2. The third-order valence-corrected chi connectivity index (χ3v) is 8.08. The second-order valence-electron chi connectivity index (χ2n) is 10.4. The van der Waals surface area contributed by atoms with E-state index in [0.29, 0.717) is 18.7 Å². The number of benzene rings is 1. The van der Waals surface area contributed by atoms with Crippen molar-refractivity contribution in [1.82, 2.24) is 15.6 Å². The van der Waals surface area contributed by atoms with E-state index in [0.717, 1.165) is 18.9 Å². The smallest absolute Gasteiger partial charge is 0.405 e. The number of sulfonamides is 1. The lowest BCUT2D eigenvalue weighted by atomic mass is 9.96. The van der Waals surface area contributed by atoms with Gasteiger partial charge in [0.2, 0.25) is 10.0 Å². The third kappa shape index (κ3) is 6.96. The Labute approximate surface area is 234 Å². The molecule has 2 amide bonds. The van der Waals surface area contributed by atoms with E-state index < -0.39 is 40.2 Å². The van der Waals surface area contributed by atoms with Crippen molar-refractivity contribution in [3.8, 4) is 5.75 Å². The van der Waals surface area contributed by atoms with E-state index >= 15 is 0 Å². The van der Waals surface area contributed by atoms with Gasteiger partial charge < -0.3 is 20.3 Å². The van der Waals surface area contributed by atoms with Crippen molar-refractivity contribution in [2.24, 2.45) is 5.14 Å². The summed E-state index contributed by atoms with van der Waals surface area (Å²) in [6.07, 6.45) is -0.327. The number of rotatable bonds is 8. The molecule has 10 nitrogen and oxygen atoms in total. The van der Waals surface area contributed by atoms with Crippen LogP contribution in [-0.4, -0.2) is 61.7 Å². The zero-order valence-corrected chi connectivity index (χ0v) is 23.2. The number of carbonyl (C=O) groups excluding carboxylic acids is 2. The Hall–Kier alpha value is -3.10. The first-order chi connectivity index (χ1) is 18.5. The molecule has 0 spiro atoms. The van der Waals surface area contributed by atoms with Crippen LogP contribution in [0.25, 0.3) is 0 Å². The average molecular weight is 604 g/mol. The topological polar surface area (TPSA) is 144 Å². The van der Waals surface area contributed by atoms with E-state index in [9.17, 15) is 31.2 Å². The number of primary sulfonamides is 1. The van der Waals surface area contributed by atoms with Crippen LogP contribution in [-0.2, 0) is 14.8 Å². The number of pyridine rings is 1. The zero-order valence-electron chi connectivity index (χ0n) is 21.7. The monoisotopic (exact) mass is 603 g/mol. The predicted octanol–water partition coefficient (Wildman–Crippen LogP) is 3.15. The van der Waals surface area contributed by atoms with Crippen LogP contribution in [0.15, 0.2) is 41.4 Å². The Balaban J connectivity index is 1.39. The molecule has 2 aliphatic heterocycles. The first-order valence-electron chi connectivity index (χ1n) is 12.5. The van der Waals surface area contributed by atoms with Gasteiger partial charge in [0.05, 0.1) is 5.56 Å². The molecular formula is C25H29ClF3N5O5S. The number of hydrogen-bond donors (Lipinski definition) is 3. The van der Waals surface area contributed by atoms with Gasteiger partial charge in [-0.1, -0.05) is 11.6 Å². The van der Waals surface area contributed by atoms with Crippen LogP contribution in [0.3, 0.4) is 0 Å². The van der Waals surface area contributed by atoms with Gasteiger partial charge in [0.1, 0.15) is 23.0 Å². The molecule has 0 unspecified atom stereocenters. The van der Waals surface area contributed by atoms with Gasteiger partial charge in [-0.25, -0.2) is 18.5 Å². The number of piperidine rings is 1. The molecule has 0 radical (unpaired) electrons. The number of alkyl halides is 3. The van der Waals surface area contributed by atoms with Crippen molar-refractivity contribution < 1.29 is 35.9 Å². The van der Waals surface area contributed by atoms with Gasteiger partial charge in [0, 0.05) is 29.3 Å². The van der Waals surface area contributed by atoms with Gasteiger partial charge in [-0.05, 0) is 69.9 Å². The Kier molecular flexibility index (Phi) is 8.25.